The summed E-state index contributed by atoms with van der Waals surface area (Å²) < 4.78 is 25.4. The van der Waals surface area contributed by atoms with Crippen LogP contribution in [0.3, 0.4) is 0 Å². The summed E-state index contributed by atoms with van der Waals surface area (Å²) in [7, 11) is 3.39. The Balaban J connectivity index is 2.25. The highest BCUT2D eigenvalue weighted by Crippen LogP contribution is 2.13. The van der Waals surface area contributed by atoms with Crippen LogP contribution in [0.1, 0.15) is 35.8 Å². The summed E-state index contributed by atoms with van der Waals surface area (Å²) in [5.74, 6) is -0.794. The van der Waals surface area contributed by atoms with E-state index in [1.165, 1.54) is 4.57 Å². The highest BCUT2D eigenvalue weighted by atomic mass is 16.2. The smallest absolute Gasteiger partial charge is 0.332 e. The number of Topliss-reactive ketones (excluding diaryl/α,β-unsaturated/α-hetero) is 1. The van der Waals surface area contributed by atoms with E-state index in [2.05, 4.69) is 0 Å². The minimum atomic E-state index is -2.59. The lowest BCUT2D eigenvalue weighted by Crippen LogP contribution is -2.39. The summed E-state index contributed by atoms with van der Waals surface area (Å²) >= 11 is 0. The third kappa shape index (κ3) is 2.70. The first kappa shape index (κ1) is 11.5. The predicted molar refractivity (Wildman–Crippen MR) is 81.7 cm³/mol. The molecule has 0 radical (unpaired) electrons. The zero-order valence-corrected chi connectivity index (χ0v) is 12.5. The topological polar surface area (TPSA) is 66.0 Å². The molecule has 0 bridgehead atoms. The second-order valence-electron chi connectivity index (χ2n) is 5.30. The summed E-state index contributed by atoms with van der Waals surface area (Å²) in [6.45, 7) is -0.620. The lowest BCUT2D eigenvalue weighted by molar-refractivity contribution is -0.117. The fourth-order valence-electron chi connectivity index (χ4n) is 2.68. The summed E-state index contributed by atoms with van der Waals surface area (Å²) in [6.07, 6.45) is 2.41. The van der Waals surface area contributed by atoms with Gasteiger partial charge < -0.3 is 9.36 Å². The molecule has 2 aromatic rings. The maximum Gasteiger partial charge on any atom is 0.332 e. The largest absolute Gasteiger partial charge is 0.336 e. The average molecular weight is 294 g/mol. The van der Waals surface area contributed by atoms with Gasteiger partial charge in [0.05, 0.1) is 5.39 Å². The number of nitrogens with zero attached hydrogens (tertiary/aromatic N) is 3. The van der Waals surface area contributed by atoms with Gasteiger partial charge in [0.1, 0.15) is 11.4 Å². The van der Waals surface area contributed by atoms with E-state index in [1.807, 2.05) is 6.92 Å². The van der Waals surface area contributed by atoms with Crippen molar-refractivity contribution in [2.45, 2.75) is 39.6 Å². The monoisotopic (exact) mass is 294 g/mol. The van der Waals surface area contributed by atoms with Crippen molar-refractivity contribution in [3.05, 3.63) is 32.6 Å². The Morgan fingerprint density at radius 1 is 1.29 bits per heavy atom. The number of fused-ring (bicyclic) bond motifs is 1. The maximum absolute atomic E-state index is 12.6. The lowest BCUT2D eigenvalue weighted by Gasteiger charge is -2.09. The van der Waals surface area contributed by atoms with Gasteiger partial charge in [0.25, 0.3) is 5.56 Å². The van der Waals surface area contributed by atoms with Crippen molar-refractivity contribution in [2.75, 3.05) is 0 Å². The molecule has 0 aliphatic carbocycles. The second-order valence-corrected chi connectivity index (χ2v) is 5.30. The van der Waals surface area contributed by atoms with Crippen LogP contribution in [0.15, 0.2) is 15.8 Å². The van der Waals surface area contributed by atoms with Gasteiger partial charge in [0.2, 0.25) is 0 Å². The zero-order valence-electron chi connectivity index (χ0n) is 15.5. The van der Waals surface area contributed by atoms with E-state index in [4.69, 9.17) is 4.11 Å². The molecule has 0 saturated heterocycles. The molecule has 0 unspecified atom stereocenters. The average Bonchev–Trinajstić information content (AvgIpc) is 2.77. The summed E-state index contributed by atoms with van der Waals surface area (Å²) in [6, 6.07) is 0. The molecule has 0 aliphatic rings. The molecule has 21 heavy (non-hydrogen) atoms. The molecular weight excluding hydrogens is 270 g/mol. The van der Waals surface area contributed by atoms with Crippen molar-refractivity contribution in [2.24, 2.45) is 14.1 Å². The molecule has 2 aromatic heterocycles. The SMILES string of the molecule is [2H]C([2H])([2H])C(=O)CCCCn1c(=O)c2c(C)cn(C)c2n(C)c1=O. The van der Waals surface area contributed by atoms with Crippen LogP contribution in [-0.2, 0) is 25.4 Å². The van der Waals surface area contributed by atoms with E-state index in [0.29, 0.717) is 23.9 Å². The van der Waals surface area contributed by atoms with Crippen LogP contribution in [0.4, 0.5) is 0 Å². The molecule has 114 valence electrons. The van der Waals surface area contributed by atoms with Crippen molar-refractivity contribution in [1.82, 2.24) is 13.7 Å². The van der Waals surface area contributed by atoms with E-state index in [9.17, 15) is 14.4 Å². The molecule has 6 heteroatoms. The van der Waals surface area contributed by atoms with E-state index in [1.54, 1.807) is 24.9 Å². The highest BCUT2D eigenvalue weighted by molar-refractivity contribution is 5.79. The van der Waals surface area contributed by atoms with E-state index in [-0.39, 0.29) is 18.5 Å². The minimum absolute atomic E-state index is 0.0851. The van der Waals surface area contributed by atoms with Crippen LogP contribution in [0.25, 0.3) is 11.0 Å². The Kier molecular flexibility index (Phi) is 3.14. The first-order valence-electron chi connectivity index (χ1n) is 8.34. The van der Waals surface area contributed by atoms with Crippen LogP contribution in [0, 0.1) is 6.92 Å². The molecule has 0 saturated carbocycles. The lowest BCUT2D eigenvalue weighted by atomic mass is 10.2. The molecule has 0 N–H and O–H groups in total. The zero-order chi connectivity index (χ0) is 18.2. The van der Waals surface area contributed by atoms with Gasteiger partial charge >= 0.3 is 5.69 Å². The Morgan fingerprint density at radius 2 is 2.00 bits per heavy atom. The van der Waals surface area contributed by atoms with Crippen molar-refractivity contribution in [1.29, 1.82) is 0 Å². The number of ketones is 1. The number of carbonyl (C=O) groups is 1. The number of hydrogen-bond donors (Lipinski definition) is 0. The first-order chi connectivity index (χ1) is 11.1. The van der Waals surface area contributed by atoms with Crippen molar-refractivity contribution in [3.8, 4) is 0 Å². The number of hydrogen-bond acceptors (Lipinski definition) is 3. The van der Waals surface area contributed by atoms with Crippen molar-refractivity contribution < 1.29 is 8.91 Å². The Labute approximate surface area is 126 Å². The highest BCUT2D eigenvalue weighted by Gasteiger charge is 2.15. The molecule has 6 nitrogen and oxygen atoms in total. The maximum atomic E-state index is 12.6. The van der Waals surface area contributed by atoms with E-state index >= 15 is 0 Å². The van der Waals surface area contributed by atoms with Gasteiger partial charge in [-0.1, -0.05) is 0 Å². The fraction of sp³-hybridized carbons (Fsp3) is 0.533. The van der Waals surface area contributed by atoms with Crippen LogP contribution >= 0.6 is 0 Å². The van der Waals surface area contributed by atoms with Crippen molar-refractivity contribution >= 4 is 16.8 Å². The van der Waals surface area contributed by atoms with Crippen LogP contribution < -0.4 is 11.2 Å². The molecule has 0 aromatic carbocycles. The van der Waals surface area contributed by atoms with Gasteiger partial charge in [0.15, 0.2) is 0 Å². The quantitative estimate of drug-likeness (QED) is 0.776. The minimum Gasteiger partial charge on any atom is -0.336 e. The van der Waals surface area contributed by atoms with E-state index in [0.717, 1.165) is 10.1 Å². The van der Waals surface area contributed by atoms with Crippen LogP contribution in [0.2, 0.25) is 0 Å². The van der Waals surface area contributed by atoms with Gasteiger partial charge in [-0.15, -0.1) is 0 Å². The fourth-order valence-corrected chi connectivity index (χ4v) is 2.68. The molecular formula is C15H21N3O3. The molecule has 0 fully saturated rings. The molecule has 0 spiro atoms. The normalized spacial score (nSPS) is 14.0. The molecule has 0 atom stereocenters. The Morgan fingerprint density at radius 3 is 2.67 bits per heavy atom. The number of carbonyl (C=O) groups excluding carboxylic acids is 1. The number of aromatic nitrogens is 3. The van der Waals surface area contributed by atoms with Gasteiger partial charge in [0, 0.05) is 37.4 Å². The summed E-state index contributed by atoms with van der Waals surface area (Å²) in [4.78, 5) is 36.4. The van der Waals surface area contributed by atoms with Gasteiger partial charge in [-0.05, 0) is 32.2 Å². The second kappa shape index (κ2) is 5.71. The first-order valence-corrected chi connectivity index (χ1v) is 6.84. The van der Waals surface area contributed by atoms with E-state index < -0.39 is 18.3 Å². The third-order valence-electron chi connectivity index (χ3n) is 3.67. The van der Waals surface area contributed by atoms with Crippen molar-refractivity contribution in [3.63, 3.8) is 0 Å². The standard InChI is InChI=1S/C15H21N3O3/c1-10-9-16(3)13-12(10)14(20)18(15(21)17(13)4)8-6-5-7-11(2)19/h9H,5-8H2,1-4H3/i2D3. The number of unbranched alkanes of at least 4 members (excludes halogenated alkanes) is 1. The summed E-state index contributed by atoms with van der Waals surface area (Å²) in [5, 5.41) is 0.498. The predicted octanol–water partition coefficient (Wildman–Crippen LogP) is 1.11. The van der Waals surface area contributed by atoms with Gasteiger partial charge in [-0.3, -0.25) is 13.9 Å². The Hall–Kier alpha value is -2.11. The van der Waals surface area contributed by atoms with Gasteiger partial charge in [-0.25, -0.2) is 4.79 Å². The van der Waals surface area contributed by atoms with Crippen LogP contribution in [-0.4, -0.2) is 19.5 Å². The van der Waals surface area contributed by atoms with Gasteiger partial charge in [-0.2, -0.15) is 0 Å². The number of rotatable bonds is 5. The molecule has 2 heterocycles. The van der Waals surface area contributed by atoms with Crippen LogP contribution in [0.5, 0.6) is 0 Å². The molecule has 0 amide bonds. The summed E-state index contributed by atoms with van der Waals surface area (Å²) in [5.41, 5.74) is 0.583. The molecule has 0 aliphatic heterocycles. The molecule has 2 rings (SSSR count). The Bertz CT molecular complexity index is 903. The third-order valence-corrected chi connectivity index (χ3v) is 3.67. The number of aryl methyl sites for hydroxylation is 3.